The van der Waals surface area contributed by atoms with Gasteiger partial charge in [-0.25, -0.2) is 0 Å². The van der Waals surface area contributed by atoms with Gasteiger partial charge in [0, 0.05) is 31.5 Å². The molecule has 1 aromatic rings. The molecule has 1 heterocycles. The van der Waals surface area contributed by atoms with Gasteiger partial charge in [0.1, 0.15) is 0 Å². The number of ether oxygens (including phenoxy) is 1. The van der Waals surface area contributed by atoms with Crippen molar-refractivity contribution in [1.82, 2.24) is 4.98 Å². The van der Waals surface area contributed by atoms with Crippen LogP contribution in [0.2, 0.25) is 0 Å². The summed E-state index contributed by atoms with van der Waals surface area (Å²) in [6.45, 7) is 5.64. The number of hydrogen-bond acceptors (Lipinski definition) is 5. The van der Waals surface area contributed by atoms with Gasteiger partial charge < -0.3 is 20.6 Å². The van der Waals surface area contributed by atoms with E-state index in [0.29, 0.717) is 18.2 Å². The van der Waals surface area contributed by atoms with Crippen molar-refractivity contribution in [3.8, 4) is 0 Å². The summed E-state index contributed by atoms with van der Waals surface area (Å²) in [4.78, 5) is 6.38. The monoisotopic (exact) mass is 280 g/mol. The normalized spacial score (nSPS) is 11.9. The van der Waals surface area contributed by atoms with Crippen molar-refractivity contribution < 1.29 is 9.94 Å². The number of oxime groups is 1. The number of nitrogens with zero attached hydrogens (tertiary/aromatic N) is 3. The Morgan fingerprint density at radius 3 is 2.75 bits per heavy atom. The summed E-state index contributed by atoms with van der Waals surface area (Å²) in [6, 6.07) is 2.12. The number of hydrogen-bond donors (Lipinski definition) is 2. The molecule has 6 heteroatoms. The standard InChI is InChI=1S/C14H24N4O2/c1-4-11(5-2)18(8-9-20-3)13-10-16-7-6-12(13)14(15)17-19/h6-7,10-11,19H,4-5,8-9H2,1-3H3,(H2,15,17). The zero-order chi connectivity index (χ0) is 15.0. The molecule has 1 rings (SSSR count). The average Bonchev–Trinajstić information content (AvgIpc) is 2.50. The van der Waals surface area contributed by atoms with E-state index in [4.69, 9.17) is 15.7 Å². The summed E-state index contributed by atoms with van der Waals surface area (Å²) < 4.78 is 5.19. The van der Waals surface area contributed by atoms with E-state index in [1.165, 1.54) is 0 Å². The molecule has 112 valence electrons. The van der Waals surface area contributed by atoms with Crippen LogP contribution >= 0.6 is 0 Å². The molecule has 0 unspecified atom stereocenters. The Kier molecular flexibility index (Phi) is 6.79. The predicted octanol–water partition coefficient (Wildman–Crippen LogP) is 1.82. The van der Waals surface area contributed by atoms with Gasteiger partial charge >= 0.3 is 0 Å². The van der Waals surface area contributed by atoms with E-state index >= 15 is 0 Å². The van der Waals surface area contributed by atoms with Crippen molar-refractivity contribution in [2.75, 3.05) is 25.2 Å². The van der Waals surface area contributed by atoms with Crippen molar-refractivity contribution in [2.45, 2.75) is 32.7 Å². The highest BCUT2D eigenvalue weighted by atomic mass is 16.5. The molecule has 0 saturated heterocycles. The first-order valence-corrected chi connectivity index (χ1v) is 6.87. The zero-order valence-electron chi connectivity index (χ0n) is 12.4. The number of anilines is 1. The van der Waals surface area contributed by atoms with Crippen molar-refractivity contribution >= 4 is 11.5 Å². The average molecular weight is 280 g/mol. The van der Waals surface area contributed by atoms with Crippen molar-refractivity contribution in [3.63, 3.8) is 0 Å². The Morgan fingerprint density at radius 1 is 1.50 bits per heavy atom. The fourth-order valence-electron chi connectivity index (χ4n) is 2.30. The Labute approximate surface area is 120 Å². The summed E-state index contributed by atoms with van der Waals surface area (Å²) in [5, 5.41) is 12.0. The maximum atomic E-state index is 8.92. The lowest BCUT2D eigenvalue weighted by atomic mass is 10.1. The number of amidine groups is 1. The lowest BCUT2D eigenvalue weighted by Gasteiger charge is -2.33. The van der Waals surface area contributed by atoms with Crippen molar-refractivity contribution in [2.24, 2.45) is 10.9 Å². The van der Waals surface area contributed by atoms with E-state index in [1.54, 1.807) is 25.6 Å². The van der Waals surface area contributed by atoms with Crippen LogP contribution in [-0.4, -0.2) is 42.3 Å². The molecule has 0 amide bonds. The number of pyridine rings is 1. The highest BCUT2D eigenvalue weighted by Crippen LogP contribution is 2.23. The minimum Gasteiger partial charge on any atom is -0.409 e. The molecule has 0 atom stereocenters. The number of nitrogens with two attached hydrogens (primary N) is 1. The fourth-order valence-corrected chi connectivity index (χ4v) is 2.30. The largest absolute Gasteiger partial charge is 0.409 e. The van der Waals surface area contributed by atoms with Crippen molar-refractivity contribution in [3.05, 3.63) is 24.0 Å². The summed E-state index contributed by atoms with van der Waals surface area (Å²) in [5.74, 6) is 0.0933. The molecule has 6 nitrogen and oxygen atoms in total. The minimum absolute atomic E-state index is 0.0933. The first kappa shape index (κ1) is 16.2. The van der Waals surface area contributed by atoms with E-state index < -0.39 is 0 Å². The van der Waals surface area contributed by atoms with E-state index in [0.717, 1.165) is 25.1 Å². The number of methoxy groups -OCH3 is 1. The van der Waals surface area contributed by atoms with Gasteiger partial charge in [-0.05, 0) is 18.9 Å². The predicted molar refractivity (Wildman–Crippen MR) is 80.3 cm³/mol. The zero-order valence-corrected chi connectivity index (χ0v) is 12.4. The Morgan fingerprint density at radius 2 is 2.20 bits per heavy atom. The van der Waals surface area contributed by atoms with E-state index in [2.05, 4.69) is 28.9 Å². The lowest BCUT2D eigenvalue weighted by molar-refractivity contribution is 0.202. The van der Waals surface area contributed by atoms with Crippen LogP contribution in [-0.2, 0) is 4.74 Å². The van der Waals surface area contributed by atoms with E-state index in [9.17, 15) is 0 Å². The van der Waals surface area contributed by atoms with Crippen LogP contribution in [0.3, 0.4) is 0 Å². The van der Waals surface area contributed by atoms with Gasteiger partial charge in [0.05, 0.1) is 18.5 Å². The molecule has 20 heavy (non-hydrogen) atoms. The van der Waals surface area contributed by atoms with Gasteiger partial charge in [-0.1, -0.05) is 19.0 Å². The summed E-state index contributed by atoms with van der Waals surface area (Å²) >= 11 is 0. The van der Waals surface area contributed by atoms with E-state index in [-0.39, 0.29) is 5.84 Å². The summed E-state index contributed by atoms with van der Waals surface area (Å²) in [5.41, 5.74) is 7.31. The second kappa shape index (κ2) is 8.37. The molecule has 0 aliphatic rings. The SMILES string of the molecule is CCC(CC)N(CCOC)c1cnccc1/C(N)=N/O. The van der Waals surface area contributed by atoms with Crippen LogP contribution in [0.15, 0.2) is 23.6 Å². The quantitative estimate of drug-likeness (QED) is 0.328. The molecule has 0 fully saturated rings. The van der Waals surface area contributed by atoms with Crippen LogP contribution in [0.1, 0.15) is 32.3 Å². The Balaban J connectivity index is 3.18. The van der Waals surface area contributed by atoms with Crippen LogP contribution in [0.4, 0.5) is 5.69 Å². The fraction of sp³-hybridized carbons (Fsp3) is 0.571. The van der Waals surface area contributed by atoms with Gasteiger partial charge in [0.15, 0.2) is 5.84 Å². The molecule has 1 aromatic heterocycles. The van der Waals surface area contributed by atoms with Crippen LogP contribution in [0, 0.1) is 0 Å². The maximum Gasteiger partial charge on any atom is 0.172 e. The Bertz CT molecular complexity index is 433. The highest BCUT2D eigenvalue weighted by molar-refractivity contribution is 6.02. The summed E-state index contributed by atoms with van der Waals surface area (Å²) in [7, 11) is 1.68. The molecule has 0 bridgehead atoms. The first-order chi connectivity index (χ1) is 9.69. The summed E-state index contributed by atoms with van der Waals surface area (Å²) in [6.07, 6.45) is 5.40. The molecular formula is C14H24N4O2. The second-order valence-electron chi connectivity index (χ2n) is 4.53. The van der Waals surface area contributed by atoms with Crippen molar-refractivity contribution in [1.29, 1.82) is 0 Å². The number of rotatable bonds is 8. The van der Waals surface area contributed by atoms with Gasteiger partial charge in [0.2, 0.25) is 0 Å². The van der Waals surface area contributed by atoms with Gasteiger partial charge in [-0.15, -0.1) is 0 Å². The second-order valence-corrected chi connectivity index (χ2v) is 4.53. The lowest BCUT2D eigenvalue weighted by Crippen LogP contribution is -2.38. The molecule has 0 aliphatic heterocycles. The van der Waals surface area contributed by atoms with Gasteiger partial charge in [0.25, 0.3) is 0 Å². The smallest absolute Gasteiger partial charge is 0.172 e. The van der Waals surface area contributed by atoms with Crippen LogP contribution < -0.4 is 10.6 Å². The third-order valence-electron chi connectivity index (χ3n) is 3.41. The number of aromatic nitrogens is 1. The maximum absolute atomic E-state index is 8.92. The molecular weight excluding hydrogens is 256 g/mol. The topological polar surface area (TPSA) is 84.0 Å². The van der Waals surface area contributed by atoms with E-state index in [1.807, 2.05) is 0 Å². The highest BCUT2D eigenvalue weighted by Gasteiger charge is 2.20. The van der Waals surface area contributed by atoms with Gasteiger partial charge in [-0.3, -0.25) is 4.98 Å². The van der Waals surface area contributed by atoms with Crippen LogP contribution in [0.25, 0.3) is 0 Å². The molecule has 0 saturated carbocycles. The third-order valence-corrected chi connectivity index (χ3v) is 3.41. The van der Waals surface area contributed by atoms with Crippen LogP contribution in [0.5, 0.6) is 0 Å². The third kappa shape index (κ3) is 3.84. The molecule has 3 N–H and O–H groups in total. The minimum atomic E-state index is 0.0933. The molecule has 0 spiro atoms. The molecule has 0 aliphatic carbocycles. The molecule has 0 aromatic carbocycles. The molecule has 0 radical (unpaired) electrons. The first-order valence-electron chi connectivity index (χ1n) is 6.87. The Hall–Kier alpha value is -1.82. The van der Waals surface area contributed by atoms with Gasteiger partial charge in [-0.2, -0.15) is 0 Å².